The lowest BCUT2D eigenvalue weighted by Gasteiger charge is -2.10. The molecule has 4 aromatic rings. The number of allylic oxidation sites excluding steroid dienone is 1. The van der Waals surface area contributed by atoms with Crippen LogP contribution in [-0.2, 0) is 11.3 Å². The van der Waals surface area contributed by atoms with E-state index < -0.39 is 0 Å². The lowest BCUT2D eigenvalue weighted by Crippen LogP contribution is -2.20. The highest BCUT2D eigenvalue weighted by atomic mass is 16.5. The number of hydrogen-bond donors (Lipinski definition) is 1. The van der Waals surface area contributed by atoms with Crippen LogP contribution in [0.1, 0.15) is 18.2 Å². The van der Waals surface area contributed by atoms with Crippen LogP contribution in [-0.4, -0.2) is 20.1 Å². The van der Waals surface area contributed by atoms with Gasteiger partial charge in [0.15, 0.2) is 0 Å². The van der Waals surface area contributed by atoms with Crippen molar-refractivity contribution in [1.29, 1.82) is 0 Å². The van der Waals surface area contributed by atoms with Gasteiger partial charge in [-0.15, -0.1) is 0 Å². The lowest BCUT2D eigenvalue weighted by atomic mass is 9.99. The molecule has 6 nitrogen and oxygen atoms in total. The van der Waals surface area contributed by atoms with Gasteiger partial charge in [-0.05, 0) is 48.4 Å². The van der Waals surface area contributed by atoms with Gasteiger partial charge in [0, 0.05) is 28.7 Å². The van der Waals surface area contributed by atoms with Gasteiger partial charge in [-0.1, -0.05) is 12.1 Å². The minimum atomic E-state index is -0.212. The van der Waals surface area contributed by atoms with E-state index in [1.54, 1.807) is 38.9 Å². The minimum Gasteiger partial charge on any atom is -0.497 e. The third kappa shape index (κ3) is 4.33. The molecule has 0 aliphatic carbocycles. The molecule has 0 atom stereocenters. The number of furan rings is 2. The summed E-state index contributed by atoms with van der Waals surface area (Å²) in [6, 6.07) is 15.2. The molecule has 31 heavy (non-hydrogen) atoms. The molecule has 0 saturated carbocycles. The molecule has 4 rings (SSSR count). The predicted octanol–water partition coefficient (Wildman–Crippen LogP) is 5.43. The minimum absolute atomic E-state index is 0.212. The number of amides is 1. The fourth-order valence-electron chi connectivity index (χ4n) is 3.46. The van der Waals surface area contributed by atoms with Crippen LogP contribution >= 0.6 is 0 Å². The molecular formula is C25H23NO5. The van der Waals surface area contributed by atoms with E-state index in [0.717, 1.165) is 33.4 Å². The monoisotopic (exact) mass is 417 g/mol. The summed E-state index contributed by atoms with van der Waals surface area (Å²) in [7, 11) is 3.24. The molecule has 0 radical (unpaired) electrons. The Balaban J connectivity index is 1.68. The van der Waals surface area contributed by atoms with E-state index in [1.807, 2.05) is 49.4 Å². The second kappa shape index (κ2) is 8.83. The zero-order chi connectivity index (χ0) is 21.8. The van der Waals surface area contributed by atoms with Crippen LogP contribution in [0.3, 0.4) is 0 Å². The van der Waals surface area contributed by atoms with Crippen molar-refractivity contribution >= 4 is 22.4 Å². The number of carbonyl (C=O) groups excluding carboxylic acids is 1. The van der Waals surface area contributed by atoms with Crippen molar-refractivity contribution in [2.24, 2.45) is 0 Å². The first-order valence-corrected chi connectivity index (χ1v) is 9.81. The van der Waals surface area contributed by atoms with Crippen LogP contribution in [0.25, 0.3) is 27.7 Å². The van der Waals surface area contributed by atoms with Gasteiger partial charge in [0.25, 0.3) is 0 Å². The van der Waals surface area contributed by atoms with E-state index >= 15 is 0 Å². The fourth-order valence-corrected chi connectivity index (χ4v) is 3.46. The van der Waals surface area contributed by atoms with E-state index in [2.05, 4.69) is 5.32 Å². The SMILES string of the molecule is COc1cccc(-c2coc3cc(OC)c(/C(C)=C/C(=O)NCc4ccco4)cc23)c1. The molecule has 0 unspecified atom stereocenters. The predicted molar refractivity (Wildman–Crippen MR) is 119 cm³/mol. The molecule has 2 heterocycles. The van der Waals surface area contributed by atoms with Crippen molar-refractivity contribution in [1.82, 2.24) is 5.32 Å². The largest absolute Gasteiger partial charge is 0.497 e. The summed E-state index contributed by atoms with van der Waals surface area (Å²) in [5, 5.41) is 3.75. The van der Waals surface area contributed by atoms with Gasteiger partial charge < -0.3 is 23.6 Å². The standard InChI is InChI=1S/C25H23NO5/c1-16(10-25(27)26-14-19-8-5-9-30-19)20-12-21-22(15-31-24(21)13-23(20)29-3)17-6-4-7-18(11-17)28-2/h4-13,15H,14H2,1-3H3,(H,26,27)/b16-10+. The Morgan fingerprint density at radius 3 is 2.68 bits per heavy atom. The summed E-state index contributed by atoms with van der Waals surface area (Å²) in [6.45, 7) is 2.20. The average molecular weight is 417 g/mol. The zero-order valence-corrected chi connectivity index (χ0v) is 17.6. The summed E-state index contributed by atoms with van der Waals surface area (Å²) >= 11 is 0. The number of benzene rings is 2. The second-order valence-corrected chi connectivity index (χ2v) is 7.05. The molecule has 1 N–H and O–H groups in total. The van der Waals surface area contributed by atoms with Gasteiger partial charge in [-0.2, -0.15) is 0 Å². The highest BCUT2D eigenvalue weighted by molar-refractivity contribution is 6.00. The van der Waals surface area contributed by atoms with Crippen molar-refractivity contribution in [2.45, 2.75) is 13.5 Å². The molecule has 2 aromatic heterocycles. The van der Waals surface area contributed by atoms with Crippen molar-refractivity contribution in [3.63, 3.8) is 0 Å². The molecule has 6 heteroatoms. The van der Waals surface area contributed by atoms with E-state index in [-0.39, 0.29) is 5.91 Å². The summed E-state index contributed by atoms with van der Waals surface area (Å²) in [5.74, 6) is 1.88. The Bertz CT molecular complexity index is 1230. The highest BCUT2D eigenvalue weighted by Crippen LogP contribution is 2.38. The topological polar surface area (TPSA) is 73.8 Å². The number of fused-ring (bicyclic) bond motifs is 1. The van der Waals surface area contributed by atoms with E-state index in [9.17, 15) is 4.79 Å². The first-order valence-electron chi connectivity index (χ1n) is 9.81. The first-order chi connectivity index (χ1) is 15.1. The Hall–Kier alpha value is -3.93. The average Bonchev–Trinajstić information content (AvgIpc) is 3.46. The molecular weight excluding hydrogens is 394 g/mol. The number of rotatable bonds is 7. The second-order valence-electron chi connectivity index (χ2n) is 7.05. The number of hydrogen-bond acceptors (Lipinski definition) is 5. The number of methoxy groups -OCH3 is 2. The third-order valence-corrected chi connectivity index (χ3v) is 5.07. The van der Waals surface area contributed by atoms with Crippen LogP contribution in [0.5, 0.6) is 11.5 Å². The third-order valence-electron chi connectivity index (χ3n) is 5.07. The first kappa shape index (κ1) is 20.3. The molecule has 0 aliphatic heterocycles. The molecule has 0 aliphatic rings. The summed E-state index contributed by atoms with van der Waals surface area (Å²) in [6.07, 6.45) is 4.85. The van der Waals surface area contributed by atoms with Gasteiger partial charge in [0.2, 0.25) is 5.91 Å². The number of ether oxygens (including phenoxy) is 2. The Labute approximate surface area is 180 Å². The molecule has 158 valence electrons. The maximum absolute atomic E-state index is 12.4. The van der Waals surface area contributed by atoms with Crippen molar-refractivity contribution in [3.05, 3.63) is 78.5 Å². The van der Waals surface area contributed by atoms with Crippen molar-refractivity contribution < 1.29 is 23.1 Å². The number of nitrogens with one attached hydrogen (secondary N) is 1. The van der Waals surface area contributed by atoms with Gasteiger partial charge in [0.1, 0.15) is 22.8 Å². The quantitative estimate of drug-likeness (QED) is 0.406. The molecule has 0 spiro atoms. The smallest absolute Gasteiger partial charge is 0.244 e. The summed E-state index contributed by atoms with van der Waals surface area (Å²) < 4.78 is 21.9. The maximum atomic E-state index is 12.4. The Kier molecular flexibility index (Phi) is 5.80. The van der Waals surface area contributed by atoms with E-state index in [4.69, 9.17) is 18.3 Å². The van der Waals surface area contributed by atoms with Crippen molar-refractivity contribution in [2.75, 3.05) is 14.2 Å². The maximum Gasteiger partial charge on any atom is 0.244 e. The normalized spacial score (nSPS) is 11.5. The zero-order valence-electron chi connectivity index (χ0n) is 17.6. The van der Waals surface area contributed by atoms with Crippen molar-refractivity contribution in [3.8, 4) is 22.6 Å². The van der Waals surface area contributed by atoms with Gasteiger partial charge in [0.05, 0.1) is 33.3 Å². The lowest BCUT2D eigenvalue weighted by molar-refractivity contribution is -0.116. The molecule has 2 aromatic carbocycles. The van der Waals surface area contributed by atoms with Gasteiger partial charge in [-0.25, -0.2) is 0 Å². The van der Waals surface area contributed by atoms with Crippen LogP contribution in [0.2, 0.25) is 0 Å². The summed E-state index contributed by atoms with van der Waals surface area (Å²) in [4.78, 5) is 12.4. The van der Waals surface area contributed by atoms with Crippen LogP contribution in [0.15, 0.2) is 76.0 Å². The number of carbonyl (C=O) groups is 1. The van der Waals surface area contributed by atoms with E-state index in [0.29, 0.717) is 23.6 Å². The highest BCUT2D eigenvalue weighted by Gasteiger charge is 2.15. The molecule has 0 bridgehead atoms. The van der Waals surface area contributed by atoms with Crippen LogP contribution in [0.4, 0.5) is 0 Å². The Morgan fingerprint density at radius 1 is 1.06 bits per heavy atom. The molecule has 0 fully saturated rings. The summed E-state index contributed by atoms with van der Waals surface area (Å²) in [5.41, 5.74) is 4.20. The van der Waals surface area contributed by atoms with Crippen LogP contribution < -0.4 is 14.8 Å². The van der Waals surface area contributed by atoms with Gasteiger partial charge in [-0.3, -0.25) is 4.79 Å². The molecule has 1 amide bonds. The fraction of sp³-hybridized carbons (Fsp3) is 0.160. The Morgan fingerprint density at radius 2 is 1.94 bits per heavy atom. The molecule has 0 saturated heterocycles. The van der Waals surface area contributed by atoms with Gasteiger partial charge >= 0.3 is 0 Å². The van der Waals surface area contributed by atoms with E-state index in [1.165, 1.54) is 0 Å². The van der Waals surface area contributed by atoms with Crippen LogP contribution in [0, 0.1) is 0 Å².